The van der Waals surface area contributed by atoms with Crippen molar-refractivity contribution in [3.05, 3.63) is 30.0 Å². The molecule has 1 N–H and O–H groups in total. The normalized spacial score (nSPS) is 15.6. The molecule has 2 aromatic rings. The van der Waals surface area contributed by atoms with Crippen LogP contribution in [0, 0.1) is 0 Å². The fraction of sp³-hybridized carbons (Fsp3) is 0.600. The molecule has 0 unspecified atom stereocenters. The zero-order chi connectivity index (χ0) is 17.2. The highest BCUT2D eigenvalue weighted by Crippen LogP contribution is 2.15. The fourth-order valence-electron chi connectivity index (χ4n) is 2.81. The van der Waals surface area contributed by atoms with E-state index in [0.29, 0.717) is 0 Å². The Bertz CT molecular complexity index is 795. The first kappa shape index (κ1) is 17.1. The summed E-state index contributed by atoms with van der Waals surface area (Å²) in [6.07, 6.45) is 5.34. The van der Waals surface area contributed by atoms with Crippen LogP contribution in [0.4, 0.5) is 0 Å². The van der Waals surface area contributed by atoms with Gasteiger partial charge in [0.25, 0.3) is 10.0 Å². The molecular formula is C15H24N6O2S. The molecule has 0 bridgehead atoms. The van der Waals surface area contributed by atoms with E-state index in [4.69, 9.17) is 0 Å². The fourth-order valence-corrected chi connectivity index (χ4v) is 3.79. The molecular weight excluding hydrogens is 328 g/mol. The molecule has 0 saturated carbocycles. The third-order valence-corrected chi connectivity index (χ3v) is 5.44. The molecule has 132 valence electrons. The van der Waals surface area contributed by atoms with Gasteiger partial charge < -0.3 is 4.57 Å². The standard InChI is InChI=1S/C15H24N6O2S/c1-3-4-5-20-6-7-21-14(10-20)8-13(18-21)9-17-24(22,23)15-11-19(2)12-16-15/h8,11-12,17H,3-7,9-10H2,1-2H3. The largest absolute Gasteiger partial charge is 0.339 e. The van der Waals surface area contributed by atoms with E-state index in [1.54, 1.807) is 11.6 Å². The molecule has 0 aliphatic carbocycles. The van der Waals surface area contributed by atoms with E-state index in [2.05, 4.69) is 26.6 Å². The van der Waals surface area contributed by atoms with E-state index in [1.807, 2.05) is 10.7 Å². The van der Waals surface area contributed by atoms with E-state index in [-0.39, 0.29) is 11.6 Å². The molecule has 0 fully saturated rings. The van der Waals surface area contributed by atoms with Gasteiger partial charge in [-0.05, 0) is 19.0 Å². The molecule has 24 heavy (non-hydrogen) atoms. The van der Waals surface area contributed by atoms with E-state index in [0.717, 1.165) is 37.6 Å². The van der Waals surface area contributed by atoms with Gasteiger partial charge in [0, 0.05) is 26.3 Å². The van der Waals surface area contributed by atoms with Crippen LogP contribution in [0.25, 0.3) is 0 Å². The third kappa shape index (κ3) is 3.85. The summed E-state index contributed by atoms with van der Waals surface area (Å²) in [4.78, 5) is 6.30. The number of aromatic nitrogens is 4. The summed E-state index contributed by atoms with van der Waals surface area (Å²) in [7, 11) is -1.87. The highest BCUT2D eigenvalue weighted by molar-refractivity contribution is 7.89. The number of aryl methyl sites for hydroxylation is 1. The van der Waals surface area contributed by atoms with Gasteiger partial charge in [-0.1, -0.05) is 13.3 Å². The minimum atomic E-state index is -3.60. The van der Waals surface area contributed by atoms with Gasteiger partial charge in [-0.2, -0.15) is 5.10 Å². The second-order valence-electron chi connectivity index (χ2n) is 6.18. The Morgan fingerprint density at radius 1 is 1.33 bits per heavy atom. The molecule has 0 radical (unpaired) electrons. The topological polar surface area (TPSA) is 85.0 Å². The molecule has 3 rings (SSSR count). The number of unbranched alkanes of at least 4 members (excludes halogenated alkanes) is 1. The predicted octanol–water partition coefficient (Wildman–Crippen LogP) is 0.711. The highest BCUT2D eigenvalue weighted by Gasteiger charge is 2.20. The third-order valence-electron chi connectivity index (χ3n) is 4.16. The maximum Gasteiger partial charge on any atom is 0.259 e. The quantitative estimate of drug-likeness (QED) is 0.793. The molecule has 1 aliphatic rings. The number of sulfonamides is 1. The summed E-state index contributed by atoms with van der Waals surface area (Å²) >= 11 is 0. The highest BCUT2D eigenvalue weighted by atomic mass is 32.2. The average molecular weight is 352 g/mol. The van der Waals surface area contributed by atoms with Crippen molar-refractivity contribution < 1.29 is 8.42 Å². The van der Waals surface area contributed by atoms with Gasteiger partial charge in [-0.15, -0.1) is 0 Å². The van der Waals surface area contributed by atoms with Crippen molar-refractivity contribution in [2.24, 2.45) is 7.05 Å². The van der Waals surface area contributed by atoms with E-state index in [9.17, 15) is 8.42 Å². The van der Waals surface area contributed by atoms with Gasteiger partial charge in [-0.3, -0.25) is 9.58 Å². The SMILES string of the molecule is CCCCN1CCn2nc(CNS(=O)(=O)c3cn(C)cn3)cc2C1. The van der Waals surface area contributed by atoms with Crippen LogP contribution in [0.2, 0.25) is 0 Å². The number of rotatable bonds is 7. The van der Waals surface area contributed by atoms with Crippen LogP contribution in [0.5, 0.6) is 0 Å². The van der Waals surface area contributed by atoms with Crippen LogP contribution in [-0.2, 0) is 36.7 Å². The number of fused-ring (bicyclic) bond motifs is 1. The van der Waals surface area contributed by atoms with Gasteiger partial charge in [0.1, 0.15) is 0 Å². The first-order valence-electron chi connectivity index (χ1n) is 8.23. The van der Waals surface area contributed by atoms with Crippen molar-refractivity contribution in [1.82, 2.24) is 29.0 Å². The summed E-state index contributed by atoms with van der Waals surface area (Å²) in [6, 6.07) is 1.99. The molecule has 3 heterocycles. The minimum Gasteiger partial charge on any atom is -0.339 e. The Labute approximate surface area is 142 Å². The van der Waals surface area contributed by atoms with Crippen molar-refractivity contribution >= 4 is 10.0 Å². The second-order valence-corrected chi connectivity index (χ2v) is 7.90. The molecule has 9 heteroatoms. The number of imidazole rings is 1. The van der Waals surface area contributed by atoms with Crippen LogP contribution in [-0.4, -0.2) is 45.7 Å². The number of nitrogens with zero attached hydrogens (tertiary/aromatic N) is 5. The Morgan fingerprint density at radius 2 is 2.17 bits per heavy atom. The van der Waals surface area contributed by atoms with Crippen LogP contribution in [0.1, 0.15) is 31.2 Å². The minimum absolute atomic E-state index is 0.0275. The molecule has 0 amide bonds. The predicted molar refractivity (Wildman–Crippen MR) is 89.6 cm³/mol. The molecule has 2 aromatic heterocycles. The lowest BCUT2D eigenvalue weighted by Crippen LogP contribution is -2.34. The average Bonchev–Trinajstić information content (AvgIpc) is 3.16. The van der Waals surface area contributed by atoms with Crippen LogP contribution < -0.4 is 4.72 Å². The second kappa shape index (κ2) is 7.04. The maximum atomic E-state index is 12.2. The monoisotopic (exact) mass is 352 g/mol. The van der Waals surface area contributed by atoms with Crippen LogP contribution in [0.3, 0.4) is 0 Å². The molecule has 0 atom stereocenters. The van der Waals surface area contributed by atoms with Crippen molar-refractivity contribution in [1.29, 1.82) is 0 Å². The maximum absolute atomic E-state index is 12.2. The van der Waals surface area contributed by atoms with Crippen LogP contribution >= 0.6 is 0 Å². The first-order chi connectivity index (χ1) is 11.5. The zero-order valence-electron chi connectivity index (χ0n) is 14.1. The van der Waals surface area contributed by atoms with Crippen molar-refractivity contribution in [2.75, 3.05) is 13.1 Å². The smallest absolute Gasteiger partial charge is 0.259 e. The summed E-state index contributed by atoms with van der Waals surface area (Å²) in [5.74, 6) is 0. The van der Waals surface area contributed by atoms with Gasteiger partial charge >= 0.3 is 0 Å². The molecule has 8 nitrogen and oxygen atoms in total. The Hall–Kier alpha value is -1.71. The number of hydrogen-bond donors (Lipinski definition) is 1. The molecule has 1 aliphatic heterocycles. The molecule has 0 aromatic carbocycles. The lowest BCUT2D eigenvalue weighted by atomic mass is 10.2. The molecule has 0 saturated heterocycles. The van der Waals surface area contributed by atoms with Crippen LogP contribution in [0.15, 0.2) is 23.6 Å². The van der Waals surface area contributed by atoms with Gasteiger partial charge in [0.05, 0.1) is 30.8 Å². The summed E-state index contributed by atoms with van der Waals surface area (Å²) in [6.45, 7) is 6.19. The van der Waals surface area contributed by atoms with E-state index < -0.39 is 10.0 Å². The number of hydrogen-bond acceptors (Lipinski definition) is 5. The summed E-state index contributed by atoms with van der Waals surface area (Å²) in [5.41, 5.74) is 1.88. The lowest BCUT2D eigenvalue weighted by molar-refractivity contribution is 0.210. The Morgan fingerprint density at radius 3 is 2.88 bits per heavy atom. The van der Waals surface area contributed by atoms with Gasteiger partial charge in [0.2, 0.25) is 0 Å². The van der Waals surface area contributed by atoms with Crippen molar-refractivity contribution in [2.45, 2.75) is 44.4 Å². The van der Waals surface area contributed by atoms with Crippen molar-refractivity contribution in [3.8, 4) is 0 Å². The summed E-state index contributed by atoms with van der Waals surface area (Å²) < 4.78 is 30.6. The lowest BCUT2D eigenvalue weighted by Gasteiger charge is -2.27. The first-order valence-corrected chi connectivity index (χ1v) is 9.72. The summed E-state index contributed by atoms with van der Waals surface area (Å²) in [5, 5.41) is 4.53. The van der Waals surface area contributed by atoms with E-state index >= 15 is 0 Å². The van der Waals surface area contributed by atoms with Gasteiger partial charge in [-0.25, -0.2) is 18.1 Å². The Balaban J connectivity index is 1.62. The van der Waals surface area contributed by atoms with Gasteiger partial charge in [0.15, 0.2) is 5.03 Å². The van der Waals surface area contributed by atoms with E-state index in [1.165, 1.54) is 25.4 Å². The zero-order valence-corrected chi connectivity index (χ0v) is 15.0. The Kier molecular flexibility index (Phi) is 5.02. The van der Waals surface area contributed by atoms with Crippen molar-refractivity contribution in [3.63, 3.8) is 0 Å². The number of nitrogens with one attached hydrogen (secondary N) is 1. The molecule has 0 spiro atoms.